The third-order valence-corrected chi connectivity index (χ3v) is 3.50. The van der Waals surface area contributed by atoms with Gasteiger partial charge >= 0.3 is 6.18 Å². The average Bonchev–Trinajstić information content (AvgIpc) is 2.58. The molecule has 0 N–H and O–H groups in total. The number of alkyl halides is 3. The van der Waals surface area contributed by atoms with Gasteiger partial charge in [0, 0.05) is 0 Å². The molecule has 0 amide bonds. The number of hydrogen-bond donors (Lipinski definition) is 0. The van der Waals surface area contributed by atoms with E-state index in [4.69, 9.17) is 5.26 Å². The fraction of sp³-hybridized carbons (Fsp3) is 0.727. The van der Waals surface area contributed by atoms with Gasteiger partial charge in [-0.1, -0.05) is 11.6 Å². The molecule has 1 aromatic heterocycles. The number of aromatic nitrogens is 3. The molecule has 1 saturated carbocycles. The number of rotatable bonds is 3. The maximum atomic E-state index is 13.0. The van der Waals surface area contributed by atoms with Gasteiger partial charge < -0.3 is 0 Å². The Balaban J connectivity index is 2.38. The van der Waals surface area contributed by atoms with Crippen LogP contribution in [0.2, 0.25) is 0 Å². The van der Waals surface area contributed by atoms with E-state index < -0.39 is 11.9 Å². The molecule has 18 heavy (non-hydrogen) atoms. The number of nitrogens with zero attached hydrogens (tertiary/aromatic N) is 4. The summed E-state index contributed by atoms with van der Waals surface area (Å²) in [5.41, 5.74) is -1.15. The molecule has 0 spiro atoms. The molecule has 0 radical (unpaired) electrons. The van der Waals surface area contributed by atoms with Crippen LogP contribution in [0, 0.1) is 17.2 Å². The summed E-state index contributed by atoms with van der Waals surface area (Å²) in [7, 11) is 0. The molecular formula is C11H13F3N4. The molecule has 1 atom stereocenters. The molecule has 1 unspecified atom stereocenters. The zero-order valence-electron chi connectivity index (χ0n) is 9.91. The Hall–Kier alpha value is -1.58. The standard InChI is InChI=1S/C11H13F3N4/c1-7(8-3-2-4-8)18-10(11(12,13)14)9(5-6-15)16-17-18/h7-8H,2-5H2,1H3. The Morgan fingerprint density at radius 3 is 2.61 bits per heavy atom. The predicted octanol–water partition coefficient (Wildman–Crippen LogP) is 2.72. The molecule has 0 aromatic carbocycles. The monoisotopic (exact) mass is 258 g/mol. The first-order valence-electron chi connectivity index (χ1n) is 5.83. The fourth-order valence-corrected chi connectivity index (χ4v) is 2.22. The molecule has 0 bridgehead atoms. The molecule has 98 valence electrons. The van der Waals surface area contributed by atoms with Gasteiger partial charge in [0.05, 0.1) is 18.5 Å². The summed E-state index contributed by atoms with van der Waals surface area (Å²) < 4.78 is 39.9. The summed E-state index contributed by atoms with van der Waals surface area (Å²) in [6, 6.07) is 1.37. The van der Waals surface area contributed by atoms with Gasteiger partial charge in [-0.05, 0) is 25.7 Å². The lowest BCUT2D eigenvalue weighted by atomic mass is 9.80. The average molecular weight is 258 g/mol. The van der Waals surface area contributed by atoms with Crippen LogP contribution in [-0.4, -0.2) is 15.0 Å². The highest BCUT2D eigenvalue weighted by Crippen LogP contribution is 2.39. The van der Waals surface area contributed by atoms with Crippen molar-refractivity contribution in [2.75, 3.05) is 0 Å². The van der Waals surface area contributed by atoms with Crippen molar-refractivity contribution in [2.45, 2.75) is 44.8 Å². The van der Waals surface area contributed by atoms with E-state index >= 15 is 0 Å². The van der Waals surface area contributed by atoms with Crippen LogP contribution >= 0.6 is 0 Å². The predicted molar refractivity (Wildman–Crippen MR) is 56.4 cm³/mol. The highest BCUT2D eigenvalue weighted by Gasteiger charge is 2.41. The van der Waals surface area contributed by atoms with Crippen LogP contribution in [0.1, 0.15) is 43.6 Å². The van der Waals surface area contributed by atoms with E-state index in [0.717, 1.165) is 23.9 Å². The number of halogens is 3. The maximum Gasteiger partial charge on any atom is 0.434 e. The summed E-state index contributed by atoms with van der Waals surface area (Å²) in [6.07, 6.45) is -1.99. The van der Waals surface area contributed by atoms with Crippen molar-refractivity contribution < 1.29 is 13.2 Å². The highest BCUT2D eigenvalue weighted by molar-refractivity contribution is 5.18. The molecule has 1 aliphatic carbocycles. The van der Waals surface area contributed by atoms with Crippen molar-refractivity contribution in [2.24, 2.45) is 5.92 Å². The largest absolute Gasteiger partial charge is 0.434 e. The Bertz CT molecular complexity index is 468. The second kappa shape index (κ2) is 4.59. The summed E-state index contributed by atoms with van der Waals surface area (Å²) in [5.74, 6) is 0.225. The molecule has 2 rings (SSSR count). The molecular weight excluding hydrogens is 245 g/mol. The minimum Gasteiger partial charge on any atom is -0.237 e. The topological polar surface area (TPSA) is 54.5 Å². The summed E-state index contributed by atoms with van der Waals surface area (Å²) in [4.78, 5) is 0. The van der Waals surface area contributed by atoms with Gasteiger partial charge in [-0.2, -0.15) is 18.4 Å². The van der Waals surface area contributed by atoms with Crippen LogP contribution in [0.3, 0.4) is 0 Å². The van der Waals surface area contributed by atoms with Crippen molar-refractivity contribution >= 4 is 0 Å². The van der Waals surface area contributed by atoms with E-state index in [2.05, 4.69) is 10.3 Å². The van der Waals surface area contributed by atoms with Crippen molar-refractivity contribution in [3.8, 4) is 6.07 Å². The molecule has 4 nitrogen and oxygen atoms in total. The molecule has 0 aliphatic heterocycles. The van der Waals surface area contributed by atoms with Crippen molar-refractivity contribution in [1.29, 1.82) is 5.26 Å². The minimum atomic E-state index is -4.52. The molecule has 1 fully saturated rings. The summed E-state index contributed by atoms with van der Waals surface area (Å²) in [6.45, 7) is 1.73. The first-order valence-corrected chi connectivity index (χ1v) is 5.83. The SMILES string of the molecule is CC(C1CCC1)n1nnc(CC#N)c1C(F)(F)F. The lowest BCUT2D eigenvalue weighted by molar-refractivity contribution is -0.146. The molecule has 7 heteroatoms. The first-order chi connectivity index (χ1) is 8.45. The van der Waals surface area contributed by atoms with E-state index in [1.54, 1.807) is 13.0 Å². The highest BCUT2D eigenvalue weighted by atomic mass is 19.4. The van der Waals surface area contributed by atoms with Crippen LogP contribution in [0.25, 0.3) is 0 Å². The van der Waals surface area contributed by atoms with Gasteiger partial charge in [0.15, 0.2) is 5.69 Å². The van der Waals surface area contributed by atoms with Gasteiger partial charge in [0.1, 0.15) is 5.69 Å². The Morgan fingerprint density at radius 1 is 1.50 bits per heavy atom. The van der Waals surface area contributed by atoms with Crippen LogP contribution in [0.4, 0.5) is 13.2 Å². The van der Waals surface area contributed by atoms with Gasteiger partial charge in [0.25, 0.3) is 0 Å². The smallest absolute Gasteiger partial charge is 0.237 e. The van der Waals surface area contributed by atoms with Crippen LogP contribution < -0.4 is 0 Å². The zero-order valence-corrected chi connectivity index (χ0v) is 9.91. The minimum absolute atomic E-state index is 0.225. The first kappa shape index (κ1) is 12.9. The fourth-order valence-electron chi connectivity index (χ4n) is 2.22. The quantitative estimate of drug-likeness (QED) is 0.837. The Morgan fingerprint density at radius 2 is 2.17 bits per heavy atom. The van der Waals surface area contributed by atoms with Crippen LogP contribution in [-0.2, 0) is 12.6 Å². The maximum absolute atomic E-state index is 13.0. The third kappa shape index (κ3) is 2.19. The van der Waals surface area contributed by atoms with Crippen LogP contribution in [0.15, 0.2) is 0 Å². The third-order valence-electron chi connectivity index (χ3n) is 3.50. The normalized spacial score (nSPS) is 18.2. The van der Waals surface area contributed by atoms with E-state index in [1.165, 1.54) is 0 Å². The van der Waals surface area contributed by atoms with Gasteiger partial charge in [0.2, 0.25) is 0 Å². The Kier molecular flexibility index (Phi) is 3.28. The van der Waals surface area contributed by atoms with Crippen molar-refractivity contribution in [1.82, 2.24) is 15.0 Å². The van der Waals surface area contributed by atoms with Crippen LogP contribution in [0.5, 0.6) is 0 Å². The summed E-state index contributed by atoms with van der Waals surface area (Å²) >= 11 is 0. The lowest BCUT2D eigenvalue weighted by Crippen LogP contribution is -2.27. The van der Waals surface area contributed by atoms with Crippen molar-refractivity contribution in [3.05, 3.63) is 11.4 Å². The number of nitriles is 1. The lowest BCUT2D eigenvalue weighted by Gasteiger charge is -2.32. The van der Waals surface area contributed by atoms with Crippen molar-refractivity contribution in [3.63, 3.8) is 0 Å². The van der Waals surface area contributed by atoms with Gasteiger partial charge in [-0.25, -0.2) is 4.68 Å². The number of hydrogen-bond acceptors (Lipinski definition) is 3. The molecule has 0 saturated heterocycles. The molecule has 1 aromatic rings. The van der Waals surface area contributed by atoms with Gasteiger partial charge in [-0.15, -0.1) is 5.10 Å². The van der Waals surface area contributed by atoms with E-state index in [-0.39, 0.29) is 24.1 Å². The molecule has 1 heterocycles. The second-order valence-corrected chi connectivity index (χ2v) is 4.59. The van der Waals surface area contributed by atoms with E-state index in [0.29, 0.717) is 0 Å². The summed E-state index contributed by atoms with van der Waals surface area (Å²) in [5, 5.41) is 15.6. The molecule has 1 aliphatic rings. The second-order valence-electron chi connectivity index (χ2n) is 4.59. The van der Waals surface area contributed by atoms with Gasteiger partial charge in [-0.3, -0.25) is 0 Å². The van der Waals surface area contributed by atoms with E-state index in [1.807, 2.05) is 0 Å². The van der Waals surface area contributed by atoms with E-state index in [9.17, 15) is 13.2 Å². The Labute approximate surface area is 102 Å². The zero-order chi connectivity index (χ0) is 13.3.